The zero-order valence-corrected chi connectivity index (χ0v) is 20.2. The van der Waals surface area contributed by atoms with Gasteiger partial charge < -0.3 is 29.7 Å². The minimum absolute atomic E-state index is 0.0203. The molecule has 1 aromatic carbocycles. The second kappa shape index (κ2) is 11.5. The molecular formula is C24H28F4N4O5. The SMILES string of the molecule is Cc1cc(F)c(NC(=O)N2CCC(OC(F)(F)F)C2)cc1-c1cc(OCCO)nc(N2CCOCC2)c1. The van der Waals surface area contributed by atoms with E-state index in [9.17, 15) is 22.4 Å². The molecule has 2 aromatic rings. The molecule has 2 saturated heterocycles. The summed E-state index contributed by atoms with van der Waals surface area (Å²) in [6.07, 6.45) is -5.94. The average Bonchev–Trinajstić information content (AvgIpc) is 3.31. The lowest BCUT2D eigenvalue weighted by Crippen LogP contribution is -2.36. The number of nitrogens with one attached hydrogen (secondary N) is 1. The Labute approximate surface area is 210 Å². The van der Waals surface area contributed by atoms with E-state index in [0.717, 1.165) is 4.90 Å². The Bertz CT molecular complexity index is 1110. The summed E-state index contributed by atoms with van der Waals surface area (Å²) in [4.78, 5) is 20.4. The molecule has 0 bridgehead atoms. The topological polar surface area (TPSA) is 96.4 Å². The number of halogens is 4. The Hall–Kier alpha value is -3.16. The van der Waals surface area contributed by atoms with Crippen LogP contribution in [0.4, 0.5) is 33.9 Å². The molecule has 1 unspecified atom stereocenters. The van der Waals surface area contributed by atoms with Crippen LogP contribution in [0, 0.1) is 12.7 Å². The van der Waals surface area contributed by atoms with Crippen LogP contribution in [0.1, 0.15) is 12.0 Å². The molecule has 2 N–H and O–H groups in total. The van der Waals surface area contributed by atoms with E-state index in [1.165, 1.54) is 12.1 Å². The summed E-state index contributed by atoms with van der Waals surface area (Å²) in [6.45, 7) is 3.66. The van der Waals surface area contributed by atoms with Gasteiger partial charge in [-0.2, -0.15) is 4.98 Å². The Morgan fingerprint density at radius 1 is 1.22 bits per heavy atom. The minimum Gasteiger partial charge on any atom is -0.475 e. The second-order valence-electron chi connectivity index (χ2n) is 8.72. The Morgan fingerprint density at radius 2 is 1.97 bits per heavy atom. The van der Waals surface area contributed by atoms with Crippen molar-refractivity contribution in [1.29, 1.82) is 0 Å². The van der Waals surface area contributed by atoms with Crippen LogP contribution in [-0.4, -0.2) is 86.1 Å². The highest BCUT2D eigenvalue weighted by Crippen LogP contribution is 2.34. The number of hydrogen-bond acceptors (Lipinski definition) is 7. The number of aliphatic hydroxyl groups is 1. The molecule has 1 atom stereocenters. The number of carbonyl (C=O) groups excluding carboxylic acids is 1. The van der Waals surface area contributed by atoms with Gasteiger partial charge in [0.05, 0.1) is 31.6 Å². The number of ether oxygens (including phenoxy) is 3. The van der Waals surface area contributed by atoms with Gasteiger partial charge in [0.25, 0.3) is 0 Å². The number of nitrogens with zero attached hydrogens (tertiary/aromatic N) is 3. The van der Waals surface area contributed by atoms with Gasteiger partial charge in [0, 0.05) is 32.2 Å². The van der Waals surface area contributed by atoms with E-state index in [0.29, 0.717) is 48.8 Å². The van der Waals surface area contributed by atoms with Crippen molar-refractivity contribution in [1.82, 2.24) is 9.88 Å². The molecule has 2 fully saturated rings. The van der Waals surface area contributed by atoms with Crippen molar-refractivity contribution in [2.24, 2.45) is 0 Å². The van der Waals surface area contributed by atoms with Gasteiger partial charge in [-0.1, -0.05) is 0 Å². The number of alkyl halides is 3. The van der Waals surface area contributed by atoms with Gasteiger partial charge in [0.1, 0.15) is 18.2 Å². The van der Waals surface area contributed by atoms with Gasteiger partial charge in [0.15, 0.2) is 0 Å². The van der Waals surface area contributed by atoms with E-state index in [4.69, 9.17) is 14.6 Å². The zero-order valence-electron chi connectivity index (χ0n) is 20.2. The van der Waals surface area contributed by atoms with E-state index in [2.05, 4.69) is 15.0 Å². The largest absolute Gasteiger partial charge is 0.522 e. The first kappa shape index (κ1) is 26.9. The van der Waals surface area contributed by atoms with Gasteiger partial charge in [-0.05, 0) is 48.2 Å². The summed E-state index contributed by atoms with van der Waals surface area (Å²) < 4.78 is 67.3. The quantitative estimate of drug-likeness (QED) is 0.531. The monoisotopic (exact) mass is 528 g/mol. The number of aryl methyl sites for hydroxylation is 1. The molecular weight excluding hydrogens is 500 g/mol. The van der Waals surface area contributed by atoms with Crippen molar-refractivity contribution < 1.29 is 41.7 Å². The molecule has 202 valence electrons. The molecule has 0 saturated carbocycles. The Kier molecular flexibility index (Phi) is 8.35. The number of pyridine rings is 1. The average molecular weight is 529 g/mol. The van der Waals surface area contributed by atoms with Crippen LogP contribution in [0.25, 0.3) is 11.1 Å². The van der Waals surface area contributed by atoms with E-state index in [-0.39, 0.29) is 44.3 Å². The summed E-state index contributed by atoms with van der Waals surface area (Å²) in [5, 5.41) is 11.6. The maximum Gasteiger partial charge on any atom is 0.522 e. The first-order valence-corrected chi connectivity index (χ1v) is 11.8. The van der Waals surface area contributed by atoms with Crippen LogP contribution in [-0.2, 0) is 9.47 Å². The smallest absolute Gasteiger partial charge is 0.475 e. The molecule has 0 aliphatic carbocycles. The number of aromatic nitrogens is 1. The Morgan fingerprint density at radius 3 is 2.68 bits per heavy atom. The van der Waals surface area contributed by atoms with Crippen molar-refractivity contribution in [2.75, 3.05) is 62.8 Å². The van der Waals surface area contributed by atoms with Gasteiger partial charge in [-0.3, -0.25) is 4.74 Å². The summed E-state index contributed by atoms with van der Waals surface area (Å²) in [6, 6.07) is 5.50. The molecule has 37 heavy (non-hydrogen) atoms. The summed E-state index contributed by atoms with van der Waals surface area (Å²) in [5.41, 5.74) is 1.72. The van der Waals surface area contributed by atoms with Crippen LogP contribution in [0.2, 0.25) is 0 Å². The normalized spacial score (nSPS) is 18.3. The van der Waals surface area contributed by atoms with E-state index < -0.39 is 24.3 Å². The van der Waals surface area contributed by atoms with Crippen LogP contribution in [0.5, 0.6) is 5.88 Å². The van der Waals surface area contributed by atoms with Gasteiger partial charge in [-0.15, -0.1) is 13.2 Å². The first-order chi connectivity index (χ1) is 17.6. The van der Waals surface area contributed by atoms with E-state index >= 15 is 0 Å². The molecule has 0 spiro atoms. The number of benzene rings is 1. The predicted molar refractivity (Wildman–Crippen MR) is 126 cm³/mol. The molecule has 4 rings (SSSR count). The number of amides is 2. The fraction of sp³-hybridized carbons (Fsp3) is 0.500. The third kappa shape index (κ3) is 6.99. The van der Waals surface area contributed by atoms with E-state index in [1.807, 2.05) is 11.0 Å². The molecule has 13 heteroatoms. The van der Waals surface area contributed by atoms with Crippen molar-refractivity contribution in [3.05, 3.63) is 35.6 Å². The van der Waals surface area contributed by atoms with Gasteiger partial charge >= 0.3 is 12.4 Å². The van der Waals surface area contributed by atoms with Crippen molar-refractivity contribution in [3.63, 3.8) is 0 Å². The lowest BCUT2D eigenvalue weighted by atomic mass is 10.00. The first-order valence-electron chi connectivity index (χ1n) is 11.8. The molecule has 2 aliphatic rings. The molecule has 9 nitrogen and oxygen atoms in total. The van der Waals surface area contributed by atoms with Crippen molar-refractivity contribution in [2.45, 2.75) is 25.8 Å². The van der Waals surface area contributed by atoms with Crippen LogP contribution in [0.3, 0.4) is 0 Å². The lowest BCUT2D eigenvalue weighted by molar-refractivity contribution is -0.340. The summed E-state index contributed by atoms with van der Waals surface area (Å²) in [5.74, 6) is 0.210. The van der Waals surface area contributed by atoms with Crippen LogP contribution < -0.4 is 15.0 Å². The molecule has 0 radical (unpaired) electrons. The van der Waals surface area contributed by atoms with Crippen molar-refractivity contribution in [3.8, 4) is 17.0 Å². The standard InChI is InChI=1S/C24H28F4N4O5/c1-15-10-19(25)20(29-23(34)32-3-2-17(14-32)37-24(26,27)28)13-18(15)16-11-21(31-4-7-35-8-5-31)30-22(12-16)36-9-6-33/h10-13,17,33H,2-9,14H2,1H3,(H,29,34). The minimum atomic E-state index is -4.79. The maximum atomic E-state index is 14.8. The number of urea groups is 1. The van der Waals surface area contributed by atoms with Crippen LogP contribution in [0.15, 0.2) is 24.3 Å². The molecule has 1 aromatic heterocycles. The van der Waals surface area contributed by atoms with Crippen molar-refractivity contribution >= 4 is 17.5 Å². The fourth-order valence-corrected chi connectivity index (χ4v) is 4.30. The highest BCUT2D eigenvalue weighted by molar-refractivity contribution is 5.91. The third-order valence-corrected chi connectivity index (χ3v) is 6.06. The maximum absolute atomic E-state index is 14.8. The number of carbonyl (C=O) groups is 1. The second-order valence-corrected chi connectivity index (χ2v) is 8.72. The van der Waals surface area contributed by atoms with Gasteiger partial charge in [-0.25, -0.2) is 9.18 Å². The molecule has 3 heterocycles. The highest BCUT2D eigenvalue weighted by atomic mass is 19.4. The molecule has 2 aliphatic heterocycles. The number of aliphatic hydroxyl groups excluding tert-OH is 1. The highest BCUT2D eigenvalue weighted by Gasteiger charge is 2.38. The summed E-state index contributed by atoms with van der Waals surface area (Å²) in [7, 11) is 0. The zero-order chi connectivity index (χ0) is 26.6. The lowest BCUT2D eigenvalue weighted by Gasteiger charge is -2.28. The predicted octanol–water partition coefficient (Wildman–Crippen LogP) is 3.55. The van der Waals surface area contributed by atoms with Gasteiger partial charge in [0.2, 0.25) is 5.88 Å². The van der Waals surface area contributed by atoms with Crippen LogP contribution >= 0.6 is 0 Å². The summed E-state index contributed by atoms with van der Waals surface area (Å²) >= 11 is 0. The van der Waals surface area contributed by atoms with E-state index in [1.54, 1.807) is 13.0 Å². The number of anilines is 2. The number of morpholine rings is 1. The number of rotatable bonds is 7. The Balaban J connectivity index is 1.58. The molecule has 2 amide bonds. The number of likely N-dealkylation sites (tertiary alicyclic amines) is 1. The third-order valence-electron chi connectivity index (χ3n) is 6.06. The fourth-order valence-electron chi connectivity index (χ4n) is 4.30. The number of hydrogen-bond donors (Lipinski definition) is 2.